The third-order valence-electron chi connectivity index (χ3n) is 4.69. The first-order chi connectivity index (χ1) is 10.3. The molecule has 7 heteroatoms. The fourth-order valence-electron chi connectivity index (χ4n) is 2.76. The topological polar surface area (TPSA) is 81.7 Å². The van der Waals surface area contributed by atoms with E-state index in [0.29, 0.717) is 19.8 Å². The molecule has 1 rings (SSSR count). The van der Waals surface area contributed by atoms with Crippen molar-refractivity contribution in [1.29, 1.82) is 0 Å². The predicted molar refractivity (Wildman–Crippen MR) is 85.3 cm³/mol. The van der Waals surface area contributed by atoms with Gasteiger partial charge in [0.1, 0.15) is 5.25 Å². The van der Waals surface area contributed by atoms with Gasteiger partial charge in [0, 0.05) is 18.2 Å². The molecule has 0 unspecified atom stereocenters. The minimum Gasteiger partial charge on any atom is -0.355 e. The molecule has 130 valence electrons. The van der Waals surface area contributed by atoms with Crippen molar-refractivity contribution in [2.24, 2.45) is 5.41 Å². The Labute approximate surface area is 133 Å². The van der Waals surface area contributed by atoms with E-state index in [1.807, 2.05) is 0 Å². The summed E-state index contributed by atoms with van der Waals surface area (Å²) in [6.45, 7) is 7.39. The van der Waals surface area contributed by atoms with Crippen LogP contribution in [0.15, 0.2) is 0 Å². The standard InChI is InChI=1S/C15H29NO5S/c1-5-15(6-2,14-20-10-11-21-14)8-7-9-16-13(17)12(3)22(4,18)19/h12,14H,5-11H2,1-4H3,(H,16,17)/t12-/m1/s1. The van der Waals surface area contributed by atoms with Crippen molar-refractivity contribution in [3.63, 3.8) is 0 Å². The molecule has 1 heterocycles. The normalized spacial score (nSPS) is 18.4. The van der Waals surface area contributed by atoms with Crippen LogP contribution in [0.5, 0.6) is 0 Å². The molecule has 0 spiro atoms. The summed E-state index contributed by atoms with van der Waals surface area (Å²) in [7, 11) is -3.34. The van der Waals surface area contributed by atoms with Crippen molar-refractivity contribution in [2.75, 3.05) is 26.0 Å². The van der Waals surface area contributed by atoms with Crippen molar-refractivity contribution < 1.29 is 22.7 Å². The number of ether oxygens (including phenoxy) is 2. The first-order valence-electron chi connectivity index (χ1n) is 7.96. The summed E-state index contributed by atoms with van der Waals surface area (Å²) in [4.78, 5) is 11.8. The number of hydrogen-bond acceptors (Lipinski definition) is 5. The van der Waals surface area contributed by atoms with Gasteiger partial charge < -0.3 is 14.8 Å². The Morgan fingerprint density at radius 1 is 1.27 bits per heavy atom. The van der Waals surface area contributed by atoms with Crippen LogP contribution in [0.4, 0.5) is 0 Å². The molecule has 0 aliphatic carbocycles. The highest BCUT2D eigenvalue weighted by Crippen LogP contribution is 2.39. The fraction of sp³-hybridized carbons (Fsp3) is 0.933. The Bertz CT molecular complexity index is 453. The van der Waals surface area contributed by atoms with E-state index in [1.165, 1.54) is 6.92 Å². The average molecular weight is 335 g/mol. The van der Waals surface area contributed by atoms with Gasteiger partial charge in [0.05, 0.1) is 13.2 Å². The van der Waals surface area contributed by atoms with Gasteiger partial charge in [-0.1, -0.05) is 13.8 Å². The highest BCUT2D eigenvalue weighted by molar-refractivity contribution is 7.92. The maximum Gasteiger partial charge on any atom is 0.238 e. The number of sulfone groups is 1. The molecule has 1 aliphatic heterocycles. The van der Waals surface area contributed by atoms with Gasteiger partial charge in [-0.05, 0) is 32.6 Å². The molecule has 1 atom stereocenters. The van der Waals surface area contributed by atoms with E-state index in [-0.39, 0.29) is 11.7 Å². The van der Waals surface area contributed by atoms with E-state index in [1.54, 1.807) is 0 Å². The predicted octanol–water partition coefficient (Wildman–Crippen LogP) is 1.50. The average Bonchev–Trinajstić information content (AvgIpc) is 3.00. The minimum atomic E-state index is -3.34. The van der Waals surface area contributed by atoms with Crippen LogP contribution in [0.2, 0.25) is 0 Å². The molecule has 1 N–H and O–H groups in total. The molecule has 1 fully saturated rings. The number of hydrogen-bond donors (Lipinski definition) is 1. The maximum atomic E-state index is 11.8. The molecular formula is C15H29NO5S. The Hall–Kier alpha value is -0.660. The van der Waals surface area contributed by atoms with Gasteiger partial charge in [-0.15, -0.1) is 0 Å². The molecule has 1 amide bonds. The zero-order chi connectivity index (χ0) is 16.8. The van der Waals surface area contributed by atoms with Crippen LogP contribution >= 0.6 is 0 Å². The van der Waals surface area contributed by atoms with Crippen LogP contribution in [0.1, 0.15) is 46.5 Å². The second-order valence-electron chi connectivity index (χ2n) is 6.01. The lowest BCUT2D eigenvalue weighted by molar-refractivity contribution is -0.140. The van der Waals surface area contributed by atoms with Gasteiger partial charge in [-0.2, -0.15) is 0 Å². The molecule has 0 bridgehead atoms. The smallest absolute Gasteiger partial charge is 0.238 e. The molecule has 0 radical (unpaired) electrons. The quantitative estimate of drug-likeness (QED) is 0.646. The summed E-state index contributed by atoms with van der Waals surface area (Å²) in [5.74, 6) is -0.436. The molecule has 0 aromatic rings. The number of carbonyl (C=O) groups is 1. The summed E-state index contributed by atoms with van der Waals surface area (Å²) in [5, 5.41) is 1.70. The first-order valence-corrected chi connectivity index (χ1v) is 9.92. The lowest BCUT2D eigenvalue weighted by Crippen LogP contribution is -2.39. The zero-order valence-electron chi connectivity index (χ0n) is 14.1. The van der Waals surface area contributed by atoms with Gasteiger partial charge in [0.25, 0.3) is 0 Å². The van der Waals surface area contributed by atoms with E-state index in [4.69, 9.17) is 9.47 Å². The summed E-state index contributed by atoms with van der Waals surface area (Å²) in [6, 6.07) is 0. The molecule has 6 nitrogen and oxygen atoms in total. The van der Waals surface area contributed by atoms with Gasteiger partial charge in [-0.3, -0.25) is 4.79 Å². The van der Waals surface area contributed by atoms with Gasteiger partial charge in [-0.25, -0.2) is 8.42 Å². The van der Waals surface area contributed by atoms with Crippen LogP contribution in [-0.2, 0) is 24.1 Å². The van der Waals surface area contributed by atoms with Crippen LogP contribution in [0.25, 0.3) is 0 Å². The molecule has 1 saturated heterocycles. The van der Waals surface area contributed by atoms with Crippen LogP contribution in [0.3, 0.4) is 0 Å². The minimum absolute atomic E-state index is 0.0380. The van der Waals surface area contributed by atoms with Crippen molar-refractivity contribution in [3.05, 3.63) is 0 Å². The largest absolute Gasteiger partial charge is 0.355 e. The molecule has 1 aliphatic rings. The van der Waals surface area contributed by atoms with Gasteiger partial charge >= 0.3 is 0 Å². The summed E-state index contributed by atoms with van der Waals surface area (Å²) >= 11 is 0. The second-order valence-corrected chi connectivity index (χ2v) is 8.38. The Morgan fingerprint density at radius 3 is 2.27 bits per heavy atom. The lowest BCUT2D eigenvalue weighted by Gasteiger charge is -2.36. The van der Waals surface area contributed by atoms with Crippen molar-refractivity contribution >= 4 is 15.7 Å². The second kappa shape index (κ2) is 8.26. The Morgan fingerprint density at radius 2 is 1.82 bits per heavy atom. The third-order valence-corrected chi connectivity index (χ3v) is 6.19. The highest BCUT2D eigenvalue weighted by Gasteiger charge is 2.39. The maximum absolute atomic E-state index is 11.8. The van der Waals surface area contributed by atoms with E-state index < -0.39 is 21.0 Å². The first kappa shape index (κ1) is 19.4. The van der Waals surface area contributed by atoms with Crippen molar-refractivity contribution in [3.8, 4) is 0 Å². The number of nitrogens with one attached hydrogen (secondary N) is 1. The summed E-state index contributed by atoms with van der Waals surface area (Å²) < 4.78 is 34.0. The fourth-order valence-corrected chi connectivity index (χ4v) is 3.23. The molecule has 0 saturated carbocycles. The van der Waals surface area contributed by atoms with Crippen molar-refractivity contribution in [1.82, 2.24) is 5.32 Å². The molecule has 0 aromatic carbocycles. The number of carbonyl (C=O) groups excluding carboxylic acids is 1. The van der Waals surface area contributed by atoms with E-state index in [9.17, 15) is 13.2 Å². The molecular weight excluding hydrogens is 306 g/mol. The monoisotopic (exact) mass is 335 g/mol. The van der Waals surface area contributed by atoms with E-state index in [0.717, 1.165) is 31.9 Å². The Kier molecular flexibility index (Phi) is 7.28. The Balaban J connectivity index is 2.45. The highest BCUT2D eigenvalue weighted by atomic mass is 32.2. The SMILES string of the molecule is CCC(CC)(CCCNC(=O)[C@@H](C)S(C)(=O)=O)C1OCCO1. The molecule has 0 aromatic heterocycles. The van der Waals surface area contributed by atoms with E-state index >= 15 is 0 Å². The number of rotatable bonds is 9. The van der Waals surface area contributed by atoms with Gasteiger partial charge in [0.2, 0.25) is 5.91 Å². The third kappa shape index (κ3) is 4.93. The number of amides is 1. The van der Waals surface area contributed by atoms with Crippen LogP contribution in [-0.4, -0.2) is 51.9 Å². The lowest BCUT2D eigenvalue weighted by atomic mass is 9.77. The molecule has 22 heavy (non-hydrogen) atoms. The summed E-state index contributed by atoms with van der Waals surface area (Å²) in [6.07, 6.45) is 4.44. The van der Waals surface area contributed by atoms with Crippen LogP contribution in [0, 0.1) is 5.41 Å². The van der Waals surface area contributed by atoms with Crippen LogP contribution < -0.4 is 5.32 Å². The van der Waals surface area contributed by atoms with Gasteiger partial charge in [0.15, 0.2) is 16.1 Å². The zero-order valence-corrected chi connectivity index (χ0v) is 14.9. The van der Waals surface area contributed by atoms with E-state index in [2.05, 4.69) is 19.2 Å². The summed E-state index contributed by atoms with van der Waals surface area (Å²) in [5.41, 5.74) is -0.0380. The van der Waals surface area contributed by atoms with Crippen molar-refractivity contribution in [2.45, 2.75) is 58.0 Å².